The van der Waals surface area contributed by atoms with Crippen molar-refractivity contribution in [1.29, 1.82) is 0 Å². The largest absolute Gasteiger partial charge is 0.491 e. The van der Waals surface area contributed by atoms with Gasteiger partial charge in [0.1, 0.15) is 51.2 Å². The van der Waals surface area contributed by atoms with Gasteiger partial charge in [-0.05, 0) is 38.1 Å². The molecule has 0 bridgehead atoms. The maximum absolute atomic E-state index is 11.2. The molecule has 22 heavy (non-hydrogen) atoms. The number of aliphatic hydroxyl groups excluding tert-OH is 1. The lowest BCUT2D eigenvalue weighted by Gasteiger charge is -2.30. The number of hydrogen-bond acceptors (Lipinski definition) is 3. The molecule has 0 saturated carbocycles. The molecule has 2 rings (SSSR count). The predicted octanol–water partition coefficient (Wildman–Crippen LogP) is -1.57. The van der Waals surface area contributed by atoms with Crippen LogP contribution >= 0.6 is 0 Å². The first kappa shape index (κ1) is 16.9. The zero-order chi connectivity index (χ0) is 15.9. The fourth-order valence-electron chi connectivity index (χ4n) is 2.89. The fourth-order valence-corrected chi connectivity index (χ4v) is 2.89. The van der Waals surface area contributed by atoms with Crippen molar-refractivity contribution < 1.29 is 24.4 Å². The molecular weight excluding hydrogens is 280 g/mol. The van der Waals surface area contributed by atoms with Crippen molar-refractivity contribution in [3.8, 4) is 5.75 Å². The van der Waals surface area contributed by atoms with Gasteiger partial charge in [-0.15, -0.1) is 0 Å². The molecule has 0 aliphatic carbocycles. The van der Waals surface area contributed by atoms with E-state index in [0.29, 0.717) is 17.9 Å². The summed E-state index contributed by atoms with van der Waals surface area (Å²) in [6.07, 6.45) is -0.453. The number of likely N-dealkylation sites (N-methyl/N-ethyl adjacent to an activating group) is 1. The Morgan fingerprint density at radius 2 is 1.77 bits per heavy atom. The minimum atomic E-state index is -0.453. The molecule has 0 spiro atoms. The minimum absolute atomic E-state index is 0.0449. The molecule has 1 aromatic carbocycles. The molecule has 1 heterocycles. The Labute approximate surface area is 132 Å². The summed E-state index contributed by atoms with van der Waals surface area (Å²) in [7, 11) is 0. The van der Waals surface area contributed by atoms with Crippen LogP contribution in [0.4, 0.5) is 0 Å². The lowest BCUT2D eigenvalue weighted by atomic mass is 10.1. The van der Waals surface area contributed by atoms with Gasteiger partial charge in [0.2, 0.25) is 0 Å². The van der Waals surface area contributed by atoms with Gasteiger partial charge in [0.05, 0.1) is 6.54 Å². The van der Waals surface area contributed by atoms with Gasteiger partial charge in [-0.1, -0.05) is 0 Å². The number of Topliss-reactive ketones (excluding diaryl/α,β-unsaturated/α-hetero) is 1. The van der Waals surface area contributed by atoms with E-state index in [2.05, 4.69) is 6.92 Å². The van der Waals surface area contributed by atoms with E-state index < -0.39 is 6.10 Å². The Balaban J connectivity index is 1.71. The van der Waals surface area contributed by atoms with Gasteiger partial charge in [-0.2, -0.15) is 0 Å². The van der Waals surface area contributed by atoms with E-state index in [1.807, 2.05) is 0 Å². The normalized spacial score (nSPS) is 23.0. The highest BCUT2D eigenvalue weighted by Crippen LogP contribution is 2.12. The number of piperazine rings is 1. The maximum Gasteiger partial charge on any atom is 0.159 e. The van der Waals surface area contributed by atoms with Crippen molar-refractivity contribution in [2.75, 3.05) is 45.9 Å². The molecule has 122 valence electrons. The summed E-state index contributed by atoms with van der Waals surface area (Å²) >= 11 is 0. The molecule has 0 aromatic heterocycles. The molecule has 5 heteroatoms. The molecule has 1 aliphatic heterocycles. The van der Waals surface area contributed by atoms with E-state index in [-0.39, 0.29) is 5.78 Å². The third kappa shape index (κ3) is 5.09. The molecule has 5 nitrogen and oxygen atoms in total. The van der Waals surface area contributed by atoms with Gasteiger partial charge in [-0.3, -0.25) is 4.79 Å². The van der Waals surface area contributed by atoms with Crippen LogP contribution in [0.25, 0.3) is 0 Å². The van der Waals surface area contributed by atoms with Crippen LogP contribution in [-0.4, -0.2) is 62.9 Å². The summed E-state index contributed by atoms with van der Waals surface area (Å²) in [6, 6.07) is 7.06. The first-order valence-electron chi connectivity index (χ1n) is 8.17. The Bertz CT molecular complexity index is 467. The van der Waals surface area contributed by atoms with Crippen LogP contribution in [0.5, 0.6) is 5.75 Å². The quantitative estimate of drug-likeness (QED) is 0.534. The van der Waals surface area contributed by atoms with Crippen LogP contribution in [0.15, 0.2) is 24.3 Å². The van der Waals surface area contributed by atoms with Crippen molar-refractivity contribution >= 4 is 5.78 Å². The SMILES string of the molecule is CC[NH+]1CC[NH+](C[C@H](O)COc2ccc(C(C)=O)cc2)CC1. The van der Waals surface area contributed by atoms with E-state index in [1.165, 1.54) is 24.5 Å². The highest BCUT2D eigenvalue weighted by Gasteiger charge is 2.23. The number of carbonyl (C=O) groups is 1. The topological polar surface area (TPSA) is 55.4 Å². The molecule has 3 N–H and O–H groups in total. The van der Waals surface area contributed by atoms with E-state index in [9.17, 15) is 9.90 Å². The first-order chi connectivity index (χ1) is 10.6. The summed E-state index contributed by atoms with van der Waals surface area (Å²) < 4.78 is 5.61. The van der Waals surface area contributed by atoms with Crippen molar-refractivity contribution in [2.45, 2.75) is 20.0 Å². The van der Waals surface area contributed by atoms with E-state index in [4.69, 9.17) is 4.74 Å². The third-order valence-corrected chi connectivity index (χ3v) is 4.39. The molecule has 0 radical (unpaired) electrons. The minimum Gasteiger partial charge on any atom is -0.491 e. The number of nitrogens with one attached hydrogen (secondary N) is 2. The zero-order valence-electron chi connectivity index (χ0n) is 13.6. The number of ether oxygens (including phenoxy) is 1. The van der Waals surface area contributed by atoms with E-state index >= 15 is 0 Å². The summed E-state index contributed by atoms with van der Waals surface area (Å²) in [5, 5.41) is 10.1. The van der Waals surface area contributed by atoms with Gasteiger partial charge in [0.15, 0.2) is 5.78 Å². The first-order valence-corrected chi connectivity index (χ1v) is 8.17. The van der Waals surface area contributed by atoms with Gasteiger partial charge in [-0.25, -0.2) is 0 Å². The Morgan fingerprint density at radius 1 is 1.18 bits per heavy atom. The Morgan fingerprint density at radius 3 is 2.32 bits per heavy atom. The average Bonchev–Trinajstić information content (AvgIpc) is 2.54. The predicted molar refractivity (Wildman–Crippen MR) is 84.7 cm³/mol. The fraction of sp³-hybridized carbons (Fsp3) is 0.588. The number of benzene rings is 1. The summed E-state index contributed by atoms with van der Waals surface area (Å²) in [6.45, 7) is 10.6. The van der Waals surface area contributed by atoms with Crippen molar-refractivity contribution in [3.63, 3.8) is 0 Å². The molecule has 0 unspecified atom stereocenters. The Hall–Kier alpha value is -1.43. The van der Waals surface area contributed by atoms with Gasteiger partial charge in [0, 0.05) is 5.56 Å². The van der Waals surface area contributed by atoms with Crippen LogP contribution in [0.1, 0.15) is 24.2 Å². The monoisotopic (exact) mass is 308 g/mol. The summed E-state index contributed by atoms with van der Waals surface area (Å²) in [4.78, 5) is 14.3. The molecule has 1 aliphatic rings. The molecule has 0 amide bonds. The van der Waals surface area contributed by atoms with Crippen LogP contribution in [0.3, 0.4) is 0 Å². The molecule has 1 atom stereocenters. The summed E-state index contributed by atoms with van der Waals surface area (Å²) in [5.41, 5.74) is 0.675. The van der Waals surface area contributed by atoms with Crippen molar-refractivity contribution in [2.24, 2.45) is 0 Å². The number of ketones is 1. The van der Waals surface area contributed by atoms with Gasteiger partial charge in [0.25, 0.3) is 0 Å². The number of carbonyl (C=O) groups excluding carboxylic acids is 1. The number of hydrogen-bond donors (Lipinski definition) is 3. The van der Waals surface area contributed by atoms with Gasteiger partial charge < -0.3 is 19.6 Å². The van der Waals surface area contributed by atoms with Crippen LogP contribution in [0, 0.1) is 0 Å². The Kier molecular flexibility index (Phi) is 6.36. The molecule has 1 aromatic rings. The highest BCUT2D eigenvalue weighted by atomic mass is 16.5. The summed E-state index contributed by atoms with van der Waals surface area (Å²) in [5.74, 6) is 0.739. The molecular formula is C17H28N2O3+2. The van der Waals surface area contributed by atoms with Crippen LogP contribution in [-0.2, 0) is 0 Å². The molecule has 1 saturated heterocycles. The van der Waals surface area contributed by atoms with Crippen LogP contribution in [0.2, 0.25) is 0 Å². The average molecular weight is 308 g/mol. The van der Waals surface area contributed by atoms with Crippen molar-refractivity contribution in [3.05, 3.63) is 29.8 Å². The second kappa shape index (κ2) is 8.27. The molecule has 1 fully saturated rings. The standard InChI is InChI=1S/C17H26N2O3/c1-3-18-8-10-19(11-9-18)12-16(21)13-22-17-6-4-15(5-7-17)14(2)20/h4-7,16,21H,3,8-13H2,1-2H3/p+2/t16-/m0/s1. The second-order valence-corrected chi connectivity index (χ2v) is 6.10. The second-order valence-electron chi connectivity index (χ2n) is 6.10. The van der Waals surface area contributed by atoms with Crippen LogP contribution < -0.4 is 14.5 Å². The number of aliphatic hydroxyl groups is 1. The maximum atomic E-state index is 11.2. The lowest BCUT2D eigenvalue weighted by Crippen LogP contribution is -3.28. The van der Waals surface area contributed by atoms with E-state index in [1.54, 1.807) is 36.1 Å². The number of quaternary nitrogens is 2. The number of rotatable bonds is 7. The van der Waals surface area contributed by atoms with Gasteiger partial charge >= 0.3 is 0 Å². The zero-order valence-corrected chi connectivity index (χ0v) is 13.6. The lowest BCUT2D eigenvalue weighted by molar-refractivity contribution is -1.01. The highest BCUT2D eigenvalue weighted by molar-refractivity contribution is 5.94. The smallest absolute Gasteiger partial charge is 0.159 e. The van der Waals surface area contributed by atoms with E-state index in [0.717, 1.165) is 19.6 Å². The van der Waals surface area contributed by atoms with Crippen molar-refractivity contribution in [1.82, 2.24) is 0 Å². The third-order valence-electron chi connectivity index (χ3n) is 4.39.